The summed E-state index contributed by atoms with van der Waals surface area (Å²) in [6, 6.07) is 0.714. The predicted octanol–water partition coefficient (Wildman–Crippen LogP) is 3.26. The van der Waals surface area contributed by atoms with E-state index >= 15 is 0 Å². The highest BCUT2D eigenvalue weighted by Gasteiger charge is 2.31. The van der Waals surface area contributed by atoms with Gasteiger partial charge in [0.15, 0.2) is 0 Å². The predicted molar refractivity (Wildman–Crippen MR) is 68.6 cm³/mol. The zero-order valence-corrected chi connectivity index (χ0v) is 11.2. The maximum Gasteiger partial charge on any atom is 0.127 e. The second kappa shape index (κ2) is 6.39. The van der Waals surface area contributed by atoms with Crippen LogP contribution in [0.3, 0.4) is 0 Å². The van der Waals surface area contributed by atoms with Gasteiger partial charge in [-0.3, -0.25) is 4.90 Å². The van der Waals surface area contributed by atoms with Crippen molar-refractivity contribution in [2.24, 2.45) is 5.41 Å². The summed E-state index contributed by atoms with van der Waals surface area (Å²) >= 11 is 0. The first-order valence-corrected chi connectivity index (χ1v) is 6.91. The van der Waals surface area contributed by atoms with Crippen molar-refractivity contribution in [1.29, 1.82) is 0 Å². The molecule has 2 nitrogen and oxygen atoms in total. The quantitative estimate of drug-likeness (QED) is 0.647. The number of piperidine rings is 1. The minimum atomic E-state index is -0.0925. The maximum absolute atomic E-state index is 11.3. The number of nitrogens with zero attached hydrogens (tertiary/aromatic N) is 1. The van der Waals surface area contributed by atoms with E-state index in [9.17, 15) is 4.79 Å². The molecule has 0 aromatic heterocycles. The van der Waals surface area contributed by atoms with Crippen molar-refractivity contribution in [1.82, 2.24) is 4.90 Å². The van der Waals surface area contributed by atoms with Crippen LogP contribution >= 0.6 is 0 Å². The van der Waals surface area contributed by atoms with Gasteiger partial charge < -0.3 is 4.79 Å². The molecular formula is C14H27NO. The van der Waals surface area contributed by atoms with E-state index in [0.29, 0.717) is 6.04 Å². The third-order valence-electron chi connectivity index (χ3n) is 4.40. The molecular weight excluding hydrogens is 198 g/mol. The molecule has 1 aliphatic rings. The van der Waals surface area contributed by atoms with Crippen LogP contribution in [0, 0.1) is 5.41 Å². The lowest BCUT2D eigenvalue weighted by atomic mass is 9.82. The molecule has 1 heterocycles. The fourth-order valence-electron chi connectivity index (χ4n) is 2.81. The van der Waals surface area contributed by atoms with Crippen molar-refractivity contribution in [3.05, 3.63) is 0 Å². The molecule has 1 unspecified atom stereocenters. The summed E-state index contributed by atoms with van der Waals surface area (Å²) in [5.41, 5.74) is -0.0925. The first-order valence-electron chi connectivity index (χ1n) is 6.91. The van der Waals surface area contributed by atoms with E-state index in [4.69, 9.17) is 0 Å². The fourth-order valence-corrected chi connectivity index (χ4v) is 2.81. The molecule has 0 bridgehead atoms. The van der Waals surface area contributed by atoms with Crippen LogP contribution < -0.4 is 0 Å². The molecule has 0 N–H and O–H groups in total. The molecule has 94 valence electrons. The van der Waals surface area contributed by atoms with Crippen LogP contribution in [-0.2, 0) is 4.79 Å². The Labute approximate surface area is 100 Å². The molecule has 1 fully saturated rings. The molecule has 1 aliphatic heterocycles. The SMILES string of the molecule is CCC1CCCCN1CC(C=O)(CC)CC. The molecule has 16 heavy (non-hydrogen) atoms. The Kier molecular flexibility index (Phi) is 5.47. The summed E-state index contributed by atoms with van der Waals surface area (Å²) in [6.45, 7) is 8.71. The van der Waals surface area contributed by atoms with Crippen LogP contribution in [0.5, 0.6) is 0 Å². The van der Waals surface area contributed by atoms with Gasteiger partial charge >= 0.3 is 0 Å². The van der Waals surface area contributed by atoms with Gasteiger partial charge in [-0.15, -0.1) is 0 Å². The first kappa shape index (κ1) is 13.7. The molecule has 0 amide bonds. The second-order valence-electron chi connectivity index (χ2n) is 5.22. The van der Waals surface area contributed by atoms with Gasteiger partial charge in [0.1, 0.15) is 6.29 Å². The van der Waals surface area contributed by atoms with Crippen LogP contribution in [0.2, 0.25) is 0 Å². The lowest BCUT2D eigenvalue weighted by Gasteiger charge is -2.40. The van der Waals surface area contributed by atoms with Gasteiger partial charge in [0.25, 0.3) is 0 Å². The van der Waals surface area contributed by atoms with Crippen molar-refractivity contribution in [3.8, 4) is 0 Å². The first-order chi connectivity index (χ1) is 7.71. The van der Waals surface area contributed by atoms with Gasteiger partial charge in [0.05, 0.1) is 0 Å². The van der Waals surface area contributed by atoms with E-state index in [1.807, 2.05) is 0 Å². The highest BCUT2D eigenvalue weighted by molar-refractivity contribution is 5.59. The van der Waals surface area contributed by atoms with E-state index in [0.717, 1.165) is 19.4 Å². The Morgan fingerprint density at radius 1 is 1.25 bits per heavy atom. The maximum atomic E-state index is 11.3. The molecule has 0 aromatic carbocycles. The third-order valence-corrected chi connectivity index (χ3v) is 4.40. The summed E-state index contributed by atoms with van der Waals surface area (Å²) in [7, 11) is 0. The van der Waals surface area contributed by atoms with E-state index < -0.39 is 0 Å². The van der Waals surface area contributed by atoms with Crippen molar-refractivity contribution in [3.63, 3.8) is 0 Å². The van der Waals surface area contributed by atoms with Gasteiger partial charge in [0, 0.05) is 18.0 Å². The van der Waals surface area contributed by atoms with Crippen LogP contribution in [0.4, 0.5) is 0 Å². The van der Waals surface area contributed by atoms with Crippen LogP contribution in [-0.4, -0.2) is 30.3 Å². The standard InChI is InChI=1S/C14H27NO/c1-4-13-9-7-8-10-15(13)11-14(5-2,6-3)12-16/h12-13H,4-11H2,1-3H3. The molecule has 0 aromatic rings. The van der Waals surface area contributed by atoms with E-state index in [2.05, 4.69) is 25.7 Å². The summed E-state index contributed by atoms with van der Waals surface area (Å²) < 4.78 is 0. The van der Waals surface area contributed by atoms with Crippen LogP contribution in [0.1, 0.15) is 59.3 Å². The van der Waals surface area contributed by atoms with Crippen molar-refractivity contribution < 1.29 is 4.79 Å². The Balaban J connectivity index is 2.64. The van der Waals surface area contributed by atoms with Crippen LogP contribution in [0.15, 0.2) is 0 Å². The second-order valence-corrected chi connectivity index (χ2v) is 5.22. The van der Waals surface area contributed by atoms with Gasteiger partial charge in [-0.25, -0.2) is 0 Å². The molecule has 1 saturated heterocycles. The summed E-state index contributed by atoms with van der Waals surface area (Å²) in [6.07, 6.45) is 8.36. The highest BCUT2D eigenvalue weighted by atomic mass is 16.1. The molecule has 0 saturated carbocycles. The normalized spacial score (nSPS) is 23.3. The summed E-state index contributed by atoms with van der Waals surface area (Å²) in [5.74, 6) is 0. The average molecular weight is 225 g/mol. The number of hydrogen-bond acceptors (Lipinski definition) is 2. The van der Waals surface area contributed by atoms with Crippen molar-refractivity contribution in [2.45, 2.75) is 65.3 Å². The molecule has 1 rings (SSSR count). The summed E-state index contributed by atoms with van der Waals surface area (Å²) in [5, 5.41) is 0. The number of carbonyl (C=O) groups excluding carboxylic acids is 1. The number of likely N-dealkylation sites (tertiary alicyclic amines) is 1. The molecule has 2 heteroatoms. The fraction of sp³-hybridized carbons (Fsp3) is 0.929. The lowest BCUT2D eigenvalue weighted by molar-refractivity contribution is -0.118. The van der Waals surface area contributed by atoms with Gasteiger partial charge in [-0.05, 0) is 38.6 Å². The van der Waals surface area contributed by atoms with Gasteiger partial charge in [0.2, 0.25) is 0 Å². The minimum absolute atomic E-state index is 0.0925. The minimum Gasteiger partial charge on any atom is -0.303 e. The Bertz CT molecular complexity index is 211. The van der Waals surface area contributed by atoms with E-state index in [-0.39, 0.29) is 5.41 Å². The molecule has 0 radical (unpaired) electrons. The molecule has 0 spiro atoms. The monoisotopic (exact) mass is 225 g/mol. The number of rotatable bonds is 6. The molecule has 1 atom stereocenters. The van der Waals surface area contributed by atoms with Crippen LogP contribution in [0.25, 0.3) is 0 Å². The zero-order chi connectivity index (χ0) is 12.0. The largest absolute Gasteiger partial charge is 0.303 e. The summed E-state index contributed by atoms with van der Waals surface area (Å²) in [4.78, 5) is 13.9. The van der Waals surface area contributed by atoms with Gasteiger partial charge in [-0.2, -0.15) is 0 Å². The third kappa shape index (κ3) is 3.07. The van der Waals surface area contributed by atoms with Gasteiger partial charge in [-0.1, -0.05) is 27.2 Å². The topological polar surface area (TPSA) is 20.3 Å². The van der Waals surface area contributed by atoms with E-state index in [1.165, 1.54) is 38.5 Å². The number of carbonyl (C=O) groups is 1. The Morgan fingerprint density at radius 3 is 2.44 bits per heavy atom. The lowest BCUT2D eigenvalue weighted by Crippen LogP contribution is -2.46. The smallest absolute Gasteiger partial charge is 0.127 e. The van der Waals surface area contributed by atoms with E-state index in [1.54, 1.807) is 0 Å². The Hall–Kier alpha value is -0.370. The highest BCUT2D eigenvalue weighted by Crippen LogP contribution is 2.29. The average Bonchev–Trinajstić information content (AvgIpc) is 2.36. The number of aldehydes is 1. The Morgan fingerprint density at radius 2 is 1.94 bits per heavy atom. The molecule has 0 aliphatic carbocycles. The number of hydrogen-bond donors (Lipinski definition) is 0. The van der Waals surface area contributed by atoms with Crippen molar-refractivity contribution >= 4 is 6.29 Å². The zero-order valence-electron chi connectivity index (χ0n) is 11.2. The van der Waals surface area contributed by atoms with Crippen molar-refractivity contribution in [2.75, 3.05) is 13.1 Å².